The third kappa shape index (κ3) is 1.99. The van der Waals surface area contributed by atoms with Crippen LogP contribution in [0, 0.1) is 0 Å². The third-order valence-electron chi connectivity index (χ3n) is 3.62. The molecule has 5 nitrogen and oxygen atoms in total. The van der Waals surface area contributed by atoms with Crippen molar-refractivity contribution in [2.45, 2.75) is 24.7 Å². The molecule has 0 unspecified atom stereocenters. The van der Waals surface area contributed by atoms with Crippen LogP contribution in [0.3, 0.4) is 0 Å². The Morgan fingerprint density at radius 3 is 2.68 bits per heavy atom. The minimum Gasteiger partial charge on any atom is -0.376 e. The molecule has 0 radical (unpaired) electrons. The quantitative estimate of drug-likeness (QED) is 0.811. The molecule has 0 atom stereocenters. The topological polar surface area (TPSA) is 47.4 Å². The average Bonchev–Trinajstić information content (AvgIpc) is 2.58. The smallest absolute Gasteiger partial charge is 0.376 e. The van der Waals surface area contributed by atoms with Gasteiger partial charge in [-0.15, -0.1) is 0 Å². The molecule has 104 valence electrons. The van der Waals surface area contributed by atoms with Gasteiger partial charge in [0, 0.05) is 12.7 Å². The molecule has 19 heavy (non-hydrogen) atoms. The molecule has 1 amide bonds. The van der Waals surface area contributed by atoms with Crippen molar-refractivity contribution in [3.63, 3.8) is 0 Å². The standard InChI is InChI=1S/C11H12F3N3O2/c12-11(13,14)5-17-8(1-3-15-17)9(18)16-4-2-10(16)6-19-7-10/h1,3H,2,4-7H2. The highest BCUT2D eigenvalue weighted by Crippen LogP contribution is 2.38. The highest BCUT2D eigenvalue weighted by atomic mass is 19.4. The summed E-state index contributed by atoms with van der Waals surface area (Å²) in [6.45, 7) is 0.232. The molecule has 0 N–H and O–H groups in total. The van der Waals surface area contributed by atoms with Gasteiger partial charge >= 0.3 is 6.18 Å². The number of carbonyl (C=O) groups is 1. The lowest BCUT2D eigenvalue weighted by atomic mass is 9.82. The molecular weight excluding hydrogens is 263 g/mol. The molecule has 0 aromatic carbocycles. The Morgan fingerprint density at radius 2 is 2.21 bits per heavy atom. The molecule has 1 aromatic rings. The summed E-state index contributed by atoms with van der Waals surface area (Å²) in [7, 11) is 0. The zero-order chi connectivity index (χ0) is 13.7. The van der Waals surface area contributed by atoms with Gasteiger partial charge in [0.15, 0.2) is 0 Å². The van der Waals surface area contributed by atoms with Crippen molar-refractivity contribution in [1.82, 2.24) is 14.7 Å². The first-order valence-electron chi connectivity index (χ1n) is 5.90. The van der Waals surface area contributed by atoms with Crippen LogP contribution in [0.1, 0.15) is 16.9 Å². The van der Waals surface area contributed by atoms with E-state index in [1.54, 1.807) is 4.90 Å². The van der Waals surface area contributed by atoms with E-state index in [-0.39, 0.29) is 11.2 Å². The minimum atomic E-state index is -4.40. The zero-order valence-corrected chi connectivity index (χ0v) is 9.98. The van der Waals surface area contributed by atoms with Crippen LogP contribution in [-0.4, -0.2) is 52.1 Å². The Labute approximate surface area is 106 Å². The largest absolute Gasteiger partial charge is 0.408 e. The minimum absolute atomic E-state index is 0.0247. The third-order valence-corrected chi connectivity index (χ3v) is 3.62. The number of rotatable bonds is 2. The summed E-state index contributed by atoms with van der Waals surface area (Å²) in [6.07, 6.45) is -2.35. The van der Waals surface area contributed by atoms with E-state index in [0.29, 0.717) is 24.4 Å². The van der Waals surface area contributed by atoms with Gasteiger partial charge in [0.05, 0.1) is 18.8 Å². The van der Waals surface area contributed by atoms with Crippen molar-refractivity contribution in [3.05, 3.63) is 18.0 Å². The molecule has 3 rings (SSSR count). The van der Waals surface area contributed by atoms with E-state index in [4.69, 9.17) is 4.74 Å². The maximum Gasteiger partial charge on any atom is 0.408 e. The van der Waals surface area contributed by atoms with Crippen LogP contribution in [0.15, 0.2) is 12.3 Å². The molecule has 1 spiro atoms. The molecule has 0 saturated carbocycles. The molecule has 3 heterocycles. The van der Waals surface area contributed by atoms with Gasteiger partial charge in [0.2, 0.25) is 0 Å². The van der Waals surface area contributed by atoms with Crippen LogP contribution in [0.2, 0.25) is 0 Å². The van der Waals surface area contributed by atoms with E-state index in [9.17, 15) is 18.0 Å². The number of halogens is 3. The predicted molar refractivity (Wildman–Crippen MR) is 57.5 cm³/mol. The van der Waals surface area contributed by atoms with Crippen LogP contribution >= 0.6 is 0 Å². The highest BCUT2D eigenvalue weighted by Gasteiger charge is 2.53. The van der Waals surface area contributed by atoms with Gasteiger partial charge < -0.3 is 9.64 Å². The SMILES string of the molecule is O=C(c1ccnn1CC(F)(F)F)N1CCC12COC2. The van der Waals surface area contributed by atoms with Gasteiger partial charge in [-0.1, -0.05) is 0 Å². The summed E-state index contributed by atoms with van der Waals surface area (Å²) in [5.41, 5.74) is -0.312. The zero-order valence-electron chi connectivity index (χ0n) is 9.98. The molecule has 0 bridgehead atoms. The van der Waals surface area contributed by atoms with E-state index in [1.807, 2.05) is 0 Å². The second kappa shape index (κ2) is 3.96. The number of ether oxygens (including phenoxy) is 1. The predicted octanol–water partition coefficient (Wildman–Crippen LogP) is 1.06. The number of nitrogens with zero attached hydrogens (tertiary/aromatic N) is 3. The second-order valence-electron chi connectivity index (χ2n) is 4.91. The van der Waals surface area contributed by atoms with Gasteiger partial charge in [0.25, 0.3) is 5.91 Å². The summed E-state index contributed by atoms with van der Waals surface area (Å²) >= 11 is 0. The fraction of sp³-hybridized carbons (Fsp3) is 0.636. The molecule has 0 aliphatic carbocycles. The first-order valence-corrected chi connectivity index (χ1v) is 5.90. The fourth-order valence-electron chi connectivity index (χ4n) is 2.44. The summed E-state index contributed by atoms with van der Waals surface area (Å²) in [5.74, 6) is -0.406. The summed E-state index contributed by atoms with van der Waals surface area (Å²) in [4.78, 5) is 13.8. The van der Waals surface area contributed by atoms with Crippen LogP contribution < -0.4 is 0 Å². The van der Waals surface area contributed by atoms with Crippen LogP contribution in [0.25, 0.3) is 0 Å². The van der Waals surface area contributed by atoms with Crippen molar-refractivity contribution in [2.75, 3.05) is 19.8 Å². The normalized spacial score (nSPS) is 21.1. The highest BCUT2D eigenvalue weighted by molar-refractivity contribution is 5.93. The Hall–Kier alpha value is -1.57. The Morgan fingerprint density at radius 1 is 1.47 bits per heavy atom. The van der Waals surface area contributed by atoms with Gasteiger partial charge in [0.1, 0.15) is 12.2 Å². The number of alkyl halides is 3. The molecule has 2 aliphatic heterocycles. The van der Waals surface area contributed by atoms with Gasteiger partial charge in [-0.2, -0.15) is 18.3 Å². The molecule has 2 fully saturated rings. The Balaban J connectivity index is 1.79. The van der Waals surface area contributed by atoms with Crippen LogP contribution in [0.4, 0.5) is 13.2 Å². The van der Waals surface area contributed by atoms with Crippen molar-refractivity contribution >= 4 is 5.91 Å². The van der Waals surface area contributed by atoms with Crippen molar-refractivity contribution in [3.8, 4) is 0 Å². The number of amides is 1. The van der Waals surface area contributed by atoms with Gasteiger partial charge in [-0.25, -0.2) is 0 Å². The number of aromatic nitrogens is 2. The molecule has 2 saturated heterocycles. The number of hydrogen-bond acceptors (Lipinski definition) is 3. The average molecular weight is 275 g/mol. The van der Waals surface area contributed by atoms with E-state index >= 15 is 0 Å². The van der Waals surface area contributed by atoms with Gasteiger partial charge in [-0.05, 0) is 12.5 Å². The Bertz CT molecular complexity index is 502. The summed E-state index contributed by atoms with van der Waals surface area (Å²) in [6, 6.07) is 1.32. The lowest BCUT2D eigenvalue weighted by molar-refractivity contribution is -0.172. The van der Waals surface area contributed by atoms with E-state index in [0.717, 1.165) is 6.42 Å². The van der Waals surface area contributed by atoms with Gasteiger partial charge in [-0.3, -0.25) is 9.48 Å². The number of hydrogen-bond donors (Lipinski definition) is 0. The van der Waals surface area contributed by atoms with Crippen molar-refractivity contribution in [1.29, 1.82) is 0 Å². The van der Waals surface area contributed by atoms with E-state index in [1.165, 1.54) is 12.3 Å². The first-order chi connectivity index (χ1) is 8.91. The van der Waals surface area contributed by atoms with E-state index < -0.39 is 18.6 Å². The maximum atomic E-state index is 12.4. The van der Waals surface area contributed by atoms with Crippen LogP contribution in [-0.2, 0) is 11.3 Å². The lowest BCUT2D eigenvalue weighted by Gasteiger charge is -2.57. The van der Waals surface area contributed by atoms with Crippen molar-refractivity contribution < 1.29 is 22.7 Å². The molecule has 1 aromatic heterocycles. The Kier molecular flexibility index (Phi) is 2.60. The number of likely N-dealkylation sites (tertiary alicyclic amines) is 1. The number of carbonyl (C=O) groups excluding carboxylic acids is 1. The monoisotopic (exact) mass is 275 g/mol. The van der Waals surface area contributed by atoms with E-state index in [2.05, 4.69) is 5.10 Å². The maximum absolute atomic E-state index is 12.4. The molecule has 8 heteroatoms. The second-order valence-corrected chi connectivity index (χ2v) is 4.91. The molecular formula is C11H12F3N3O2. The summed E-state index contributed by atoms with van der Waals surface area (Å²) in [5, 5.41) is 3.57. The van der Waals surface area contributed by atoms with Crippen LogP contribution in [0.5, 0.6) is 0 Å². The van der Waals surface area contributed by atoms with Crippen molar-refractivity contribution in [2.24, 2.45) is 0 Å². The molecule has 2 aliphatic rings. The lowest BCUT2D eigenvalue weighted by Crippen LogP contribution is -2.72. The summed E-state index contributed by atoms with van der Waals surface area (Å²) < 4.78 is 42.9. The first kappa shape index (κ1) is 12.5. The fourth-order valence-corrected chi connectivity index (χ4v) is 2.44.